The highest BCUT2D eigenvalue weighted by Crippen LogP contribution is 2.25. The molecule has 0 aromatic rings. The summed E-state index contributed by atoms with van der Waals surface area (Å²) in [5.41, 5.74) is 0. The maximum absolute atomic E-state index is 12.0. The Bertz CT molecular complexity index is 386. The van der Waals surface area contributed by atoms with Crippen LogP contribution in [-0.4, -0.2) is 71.7 Å². The fourth-order valence-corrected chi connectivity index (χ4v) is 2.36. The van der Waals surface area contributed by atoms with Crippen molar-refractivity contribution in [3.05, 3.63) is 0 Å². The molecule has 0 saturated carbocycles. The second-order valence-corrected chi connectivity index (χ2v) is 4.35. The average Bonchev–Trinajstić information content (AvgIpc) is 2.87. The van der Waals surface area contributed by atoms with Crippen LogP contribution in [0.1, 0.15) is 6.42 Å². The van der Waals surface area contributed by atoms with Crippen molar-refractivity contribution in [3.63, 3.8) is 0 Å². The van der Waals surface area contributed by atoms with E-state index in [1.54, 1.807) is 7.05 Å². The number of carboxylic acid groups (broad SMARTS) is 1. The first-order chi connectivity index (χ1) is 8.54. The van der Waals surface area contributed by atoms with Crippen LogP contribution in [0.25, 0.3) is 0 Å². The third kappa shape index (κ3) is 2.16. The fraction of sp³-hybridized carbons (Fsp3) is 0.700. The topological polar surface area (TPSA) is 102 Å². The van der Waals surface area contributed by atoms with Gasteiger partial charge >= 0.3 is 5.97 Å². The van der Waals surface area contributed by atoms with Crippen molar-refractivity contribution >= 4 is 17.8 Å². The highest BCUT2D eigenvalue weighted by molar-refractivity contribution is 5.92. The molecule has 0 spiro atoms. The van der Waals surface area contributed by atoms with Crippen LogP contribution >= 0.6 is 0 Å². The van der Waals surface area contributed by atoms with E-state index in [0.29, 0.717) is 19.5 Å². The largest absolute Gasteiger partial charge is 0.480 e. The minimum Gasteiger partial charge on any atom is -0.480 e. The average molecular weight is 256 g/mol. The molecule has 100 valence electrons. The number of nitrogens with one attached hydrogen (secondary N) is 2. The number of hydrazine groups is 1. The predicted octanol–water partition coefficient (Wildman–Crippen LogP) is -2.39. The molecule has 2 amide bonds. The minimum atomic E-state index is -1.10. The zero-order chi connectivity index (χ0) is 13.3. The summed E-state index contributed by atoms with van der Waals surface area (Å²) in [6, 6.07) is -0.879. The third-order valence-corrected chi connectivity index (χ3v) is 3.24. The molecule has 0 bridgehead atoms. The van der Waals surface area contributed by atoms with Crippen LogP contribution in [-0.2, 0) is 14.4 Å². The first kappa shape index (κ1) is 12.8. The Labute approximate surface area is 104 Å². The molecular formula is C10H16N4O4. The minimum absolute atomic E-state index is 0.134. The van der Waals surface area contributed by atoms with Gasteiger partial charge in [0.05, 0.1) is 0 Å². The van der Waals surface area contributed by atoms with E-state index in [4.69, 9.17) is 5.11 Å². The summed E-state index contributed by atoms with van der Waals surface area (Å²) < 4.78 is 0. The van der Waals surface area contributed by atoms with E-state index >= 15 is 0 Å². The molecule has 0 radical (unpaired) electrons. The van der Waals surface area contributed by atoms with Crippen LogP contribution in [0.4, 0.5) is 0 Å². The second kappa shape index (κ2) is 4.91. The van der Waals surface area contributed by atoms with Gasteiger partial charge in [0.15, 0.2) is 0 Å². The zero-order valence-electron chi connectivity index (χ0n) is 10.0. The van der Waals surface area contributed by atoms with Crippen molar-refractivity contribution in [3.8, 4) is 0 Å². The molecule has 8 heteroatoms. The summed E-state index contributed by atoms with van der Waals surface area (Å²) in [7, 11) is 1.70. The number of nitrogens with zero attached hydrogens (tertiary/aromatic N) is 2. The smallest absolute Gasteiger partial charge is 0.322 e. The van der Waals surface area contributed by atoms with Crippen molar-refractivity contribution < 1.29 is 19.5 Å². The Balaban J connectivity index is 2.01. The second-order valence-electron chi connectivity index (χ2n) is 4.35. The first-order valence-corrected chi connectivity index (χ1v) is 5.79. The number of carboxylic acids is 1. The Morgan fingerprint density at radius 3 is 2.83 bits per heavy atom. The summed E-state index contributed by atoms with van der Waals surface area (Å²) in [5.74, 6) is -1.64. The van der Waals surface area contributed by atoms with E-state index in [0.717, 1.165) is 0 Å². The van der Waals surface area contributed by atoms with Gasteiger partial charge in [-0.3, -0.25) is 19.4 Å². The molecule has 18 heavy (non-hydrogen) atoms. The molecule has 2 heterocycles. The molecule has 0 aliphatic carbocycles. The van der Waals surface area contributed by atoms with Crippen LogP contribution in [0.3, 0.4) is 0 Å². The lowest BCUT2D eigenvalue weighted by Crippen LogP contribution is -2.49. The molecule has 2 fully saturated rings. The van der Waals surface area contributed by atoms with Gasteiger partial charge in [-0.2, -0.15) is 0 Å². The Morgan fingerprint density at radius 1 is 1.50 bits per heavy atom. The van der Waals surface area contributed by atoms with Crippen molar-refractivity contribution in [2.24, 2.45) is 0 Å². The van der Waals surface area contributed by atoms with Crippen LogP contribution in [0.2, 0.25) is 0 Å². The third-order valence-electron chi connectivity index (χ3n) is 3.24. The summed E-state index contributed by atoms with van der Waals surface area (Å²) in [6.45, 7) is 0.764. The van der Waals surface area contributed by atoms with Gasteiger partial charge < -0.3 is 15.7 Å². The van der Waals surface area contributed by atoms with Gasteiger partial charge in [-0.05, 0) is 13.5 Å². The molecule has 3 N–H and O–H groups in total. The summed E-state index contributed by atoms with van der Waals surface area (Å²) in [6.07, 6.45) is 0.535. The normalized spacial score (nSPS) is 27.4. The Morgan fingerprint density at radius 2 is 2.22 bits per heavy atom. The molecule has 2 saturated heterocycles. The summed E-state index contributed by atoms with van der Waals surface area (Å²) >= 11 is 0. The van der Waals surface area contributed by atoms with E-state index in [-0.39, 0.29) is 11.9 Å². The standard InChI is InChI=1S/C10H16N4O4/c1-11-6-5-13-3-2-7(14(13)10(6)18)9(17)12-4-8(15)16/h6-7,11H,2-5H2,1H3,(H,12,17)(H,15,16). The van der Waals surface area contributed by atoms with Gasteiger partial charge in [0, 0.05) is 13.1 Å². The van der Waals surface area contributed by atoms with Crippen LogP contribution in [0.5, 0.6) is 0 Å². The molecule has 8 nitrogen and oxygen atoms in total. The molecule has 2 rings (SSSR count). The van der Waals surface area contributed by atoms with Crippen LogP contribution < -0.4 is 10.6 Å². The lowest BCUT2D eigenvalue weighted by Gasteiger charge is -2.23. The molecule has 2 unspecified atom stereocenters. The Hall–Kier alpha value is -1.67. The number of amides is 2. The van der Waals surface area contributed by atoms with Gasteiger partial charge in [0.25, 0.3) is 5.91 Å². The number of rotatable bonds is 4. The number of carbonyl (C=O) groups excluding carboxylic acids is 2. The molecule has 2 atom stereocenters. The van der Waals surface area contributed by atoms with E-state index in [1.807, 2.05) is 5.01 Å². The predicted molar refractivity (Wildman–Crippen MR) is 60.3 cm³/mol. The molecule has 2 aliphatic rings. The molecule has 0 aromatic heterocycles. The van der Waals surface area contributed by atoms with Crippen LogP contribution in [0, 0.1) is 0 Å². The van der Waals surface area contributed by atoms with Gasteiger partial charge in [0.2, 0.25) is 5.91 Å². The quantitative estimate of drug-likeness (QED) is 0.518. The lowest BCUT2D eigenvalue weighted by molar-refractivity contribution is -0.145. The molecule has 0 aromatic carbocycles. The maximum Gasteiger partial charge on any atom is 0.322 e. The summed E-state index contributed by atoms with van der Waals surface area (Å²) in [5, 5.41) is 17.0. The number of fused-ring (bicyclic) bond motifs is 1. The van der Waals surface area contributed by atoms with Crippen molar-refractivity contribution in [2.45, 2.75) is 18.5 Å². The summed E-state index contributed by atoms with van der Waals surface area (Å²) in [4.78, 5) is 34.2. The lowest BCUT2D eigenvalue weighted by atomic mass is 10.1. The van der Waals surface area contributed by atoms with Crippen molar-refractivity contribution in [1.82, 2.24) is 20.7 Å². The number of aliphatic carboxylic acids is 1. The number of likely N-dealkylation sites (N-methyl/N-ethyl adjacent to an activating group) is 1. The number of carbonyl (C=O) groups is 3. The molecular weight excluding hydrogens is 240 g/mol. The highest BCUT2D eigenvalue weighted by atomic mass is 16.4. The van der Waals surface area contributed by atoms with E-state index < -0.39 is 24.5 Å². The zero-order valence-corrected chi connectivity index (χ0v) is 10.0. The SMILES string of the molecule is CNC1CN2CCC(C(=O)NCC(=O)O)N2C1=O. The highest BCUT2D eigenvalue weighted by Gasteiger charge is 2.47. The molecule has 2 aliphatic heterocycles. The Kier molecular flexibility index (Phi) is 3.48. The van der Waals surface area contributed by atoms with Crippen molar-refractivity contribution in [1.29, 1.82) is 0 Å². The van der Waals surface area contributed by atoms with Crippen molar-refractivity contribution in [2.75, 3.05) is 26.7 Å². The van der Waals surface area contributed by atoms with Gasteiger partial charge in [0.1, 0.15) is 18.6 Å². The van der Waals surface area contributed by atoms with Crippen LogP contribution in [0.15, 0.2) is 0 Å². The van der Waals surface area contributed by atoms with Gasteiger partial charge in [-0.1, -0.05) is 0 Å². The number of hydrogen-bond acceptors (Lipinski definition) is 5. The van der Waals surface area contributed by atoms with E-state index in [9.17, 15) is 14.4 Å². The monoisotopic (exact) mass is 256 g/mol. The van der Waals surface area contributed by atoms with Gasteiger partial charge in [-0.25, -0.2) is 5.01 Å². The number of hydrogen-bond donors (Lipinski definition) is 3. The maximum atomic E-state index is 12.0. The van der Waals surface area contributed by atoms with Gasteiger partial charge in [-0.15, -0.1) is 0 Å². The van der Waals surface area contributed by atoms with E-state index in [1.165, 1.54) is 5.01 Å². The fourth-order valence-electron chi connectivity index (χ4n) is 2.36. The van der Waals surface area contributed by atoms with E-state index in [2.05, 4.69) is 10.6 Å². The first-order valence-electron chi connectivity index (χ1n) is 5.79.